The van der Waals surface area contributed by atoms with E-state index in [1.54, 1.807) is 5.38 Å². The van der Waals surface area contributed by atoms with E-state index in [2.05, 4.69) is 4.74 Å². The largest absolute Gasteiger partial charge is 0.469 e. The number of ketones is 1. The molecule has 0 spiro atoms. The summed E-state index contributed by atoms with van der Waals surface area (Å²) in [5, 5.41) is 3.63. The fourth-order valence-corrected chi connectivity index (χ4v) is 1.80. The minimum Gasteiger partial charge on any atom is -0.469 e. The maximum atomic E-state index is 11.4. The lowest BCUT2D eigenvalue weighted by Crippen LogP contribution is -2.09. The Morgan fingerprint density at radius 3 is 2.62 bits per heavy atom. The van der Waals surface area contributed by atoms with Crippen LogP contribution in [0, 0.1) is 6.92 Å². The Labute approximate surface area is 80.3 Å². The third-order valence-corrected chi connectivity index (χ3v) is 2.55. The summed E-state index contributed by atoms with van der Waals surface area (Å²) in [4.78, 5) is 22.2. The lowest BCUT2D eigenvalue weighted by atomic mass is 10.1. The monoisotopic (exact) mass is 198 g/mol. The van der Waals surface area contributed by atoms with Gasteiger partial charge < -0.3 is 4.74 Å². The maximum absolute atomic E-state index is 11.4. The zero-order valence-corrected chi connectivity index (χ0v) is 8.31. The molecule has 0 aliphatic carbocycles. The number of methoxy groups -OCH3 is 1. The molecule has 0 unspecified atom stereocenters. The summed E-state index contributed by atoms with van der Waals surface area (Å²) in [6, 6.07) is 0. The average Bonchev–Trinajstić information content (AvgIpc) is 2.51. The highest BCUT2D eigenvalue weighted by Gasteiger charge is 2.14. The van der Waals surface area contributed by atoms with Crippen molar-refractivity contribution >= 4 is 23.1 Å². The van der Waals surface area contributed by atoms with Gasteiger partial charge in [-0.15, -0.1) is 0 Å². The van der Waals surface area contributed by atoms with Crippen molar-refractivity contribution in [3.63, 3.8) is 0 Å². The Bertz CT molecular complexity index is 327. The normalized spacial score (nSPS) is 9.69. The van der Waals surface area contributed by atoms with Gasteiger partial charge in [0.1, 0.15) is 6.42 Å². The zero-order valence-electron chi connectivity index (χ0n) is 7.49. The Morgan fingerprint density at radius 1 is 1.46 bits per heavy atom. The number of ether oxygens (including phenoxy) is 1. The molecule has 70 valence electrons. The van der Waals surface area contributed by atoms with Gasteiger partial charge in [-0.25, -0.2) is 0 Å². The summed E-state index contributed by atoms with van der Waals surface area (Å²) in [7, 11) is 1.27. The van der Waals surface area contributed by atoms with Crippen LogP contribution in [-0.2, 0) is 9.53 Å². The SMILES string of the molecule is COC(=O)CC(=O)c1cscc1C. The molecule has 0 fully saturated rings. The minimum atomic E-state index is -0.490. The van der Waals surface area contributed by atoms with Gasteiger partial charge in [0.2, 0.25) is 0 Å². The van der Waals surface area contributed by atoms with Crippen LogP contribution in [0.4, 0.5) is 0 Å². The van der Waals surface area contributed by atoms with E-state index in [4.69, 9.17) is 0 Å². The summed E-state index contributed by atoms with van der Waals surface area (Å²) < 4.78 is 4.40. The highest BCUT2D eigenvalue weighted by molar-refractivity contribution is 7.08. The molecule has 0 amide bonds. The highest BCUT2D eigenvalue weighted by atomic mass is 32.1. The second-order valence-corrected chi connectivity index (χ2v) is 3.39. The van der Waals surface area contributed by atoms with Gasteiger partial charge in [-0.1, -0.05) is 0 Å². The van der Waals surface area contributed by atoms with E-state index in [-0.39, 0.29) is 12.2 Å². The van der Waals surface area contributed by atoms with E-state index in [9.17, 15) is 9.59 Å². The van der Waals surface area contributed by atoms with Gasteiger partial charge in [-0.3, -0.25) is 9.59 Å². The minimum absolute atomic E-state index is 0.173. The van der Waals surface area contributed by atoms with Crippen molar-refractivity contribution in [2.75, 3.05) is 7.11 Å². The summed E-state index contributed by atoms with van der Waals surface area (Å²) in [5.41, 5.74) is 1.54. The number of Topliss-reactive ketones (excluding diaryl/α,β-unsaturated/α-hetero) is 1. The molecule has 1 rings (SSSR count). The van der Waals surface area contributed by atoms with Crippen molar-refractivity contribution in [3.05, 3.63) is 21.9 Å². The Kier molecular flexibility index (Phi) is 3.19. The molecular weight excluding hydrogens is 188 g/mol. The van der Waals surface area contributed by atoms with Crippen LogP contribution < -0.4 is 0 Å². The number of esters is 1. The average molecular weight is 198 g/mol. The molecule has 0 aromatic carbocycles. The van der Waals surface area contributed by atoms with E-state index < -0.39 is 5.97 Å². The van der Waals surface area contributed by atoms with Gasteiger partial charge in [-0.2, -0.15) is 11.3 Å². The second-order valence-electron chi connectivity index (χ2n) is 2.64. The molecule has 0 N–H and O–H groups in total. The van der Waals surface area contributed by atoms with E-state index in [0.29, 0.717) is 5.56 Å². The lowest BCUT2D eigenvalue weighted by molar-refractivity contribution is -0.139. The quantitative estimate of drug-likeness (QED) is 0.422. The van der Waals surface area contributed by atoms with Gasteiger partial charge >= 0.3 is 5.97 Å². The van der Waals surface area contributed by atoms with Crippen molar-refractivity contribution in [3.8, 4) is 0 Å². The first-order valence-corrected chi connectivity index (χ1v) is 4.72. The fourth-order valence-electron chi connectivity index (χ4n) is 0.945. The summed E-state index contributed by atoms with van der Waals surface area (Å²) in [5.74, 6) is -0.666. The molecule has 4 heteroatoms. The number of carbonyl (C=O) groups excluding carboxylic acids is 2. The summed E-state index contributed by atoms with van der Waals surface area (Å²) in [6.45, 7) is 1.85. The first kappa shape index (κ1) is 9.92. The van der Waals surface area contributed by atoms with Crippen molar-refractivity contribution in [2.45, 2.75) is 13.3 Å². The fraction of sp³-hybridized carbons (Fsp3) is 0.333. The molecule has 0 saturated heterocycles. The van der Waals surface area contributed by atoms with E-state index in [1.807, 2.05) is 12.3 Å². The topological polar surface area (TPSA) is 43.4 Å². The molecular formula is C9H10O3S. The van der Waals surface area contributed by atoms with Gasteiger partial charge in [0, 0.05) is 10.9 Å². The van der Waals surface area contributed by atoms with Crippen LogP contribution in [0.3, 0.4) is 0 Å². The zero-order chi connectivity index (χ0) is 9.84. The smallest absolute Gasteiger partial charge is 0.313 e. The summed E-state index contributed by atoms with van der Waals surface area (Å²) in [6.07, 6.45) is -0.173. The molecule has 1 aromatic heterocycles. The number of thiophene rings is 1. The van der Waals surface area contributed by atoms with Crippen LogP contribution in [0.25, 0.3) is 0 Å². The maximum Gasteiger partial charge on any atom is 0.313 e. The predicted molar refractivity (Wildman–Crippen MR) is 50.0 cm³/mol. The first-order chi connectivity index (χ1) is 6.15. The number of carbonyl (C=O) groups is 2. The molecule has 1 heterocycles. The Balaban J connectivity index is 2.69. The Hall–Kier alpha value is -1.16. The molecule has 0 aliphatic heterocycles. The van der Waals surface area contributed by atoms with Crippen LogP contribution in [0.2, 0.25) is 0 Å². The standard InChI is InChI=1S/C9H10O3S/c1-6-4-13-5-7(6)8(10)3-9(11)12-2/h4-5H,3H2,1-2H3. The third-order valence-electron chi connectivity index (χ3n) is 1.69. The van der Waals surface area contributed by atoms with Gasteiger partial charge in [-0.05, 0) is 17.9 Å². The van der Waals surface area contributed by atoms with Crippen LogP contribution >= 0.6 is 11.3 Å². The molecule has 3 nitrogen and oxygen atoms in total. The second kappa shape index (κ2) is 4.18. The Morgan fingerprint density at radius 2 is 2.15 bits per heavy atom. The van der Waals surface area contributed by atoms with Crippen molar-refractivity contribution in [2.24, 2.45) is 0 Å². The van der Waals surface area contributed by atoms with Crippen LogP contribution in [-0.4, -0.2) is 18.9 Å². The predicted octanol–water partition coefficient (Wildman–Crippen LogP) is 1.80. The molecule has 1 aromatic rings. The van der Waals surface area contributed by atoms with E-state index in [1.165, 1.54) is 18.4 Å². The van der Waals surface area contributed by atoms with Crippen LogP contribution in [0.5, 0.6) is 0 Å². The molecule has 0 bridgehead atoms. The van der Waals surface area contributed by atoms with E-state index in [0.717, 1.165) is 5.56 Å². The lowest BCUT2D eigenvalue weighted by Gasteiger charge is -1.98. The van der Waals surface area contributed by atoms with Crippen molar-refractivity contribution in [1.29, 1.82) is 0 Å². The molecule has 0 aliphatic rings. The molecule has 0 radical (unpaired) electrons. The van der Waals surface area contributed by atoms with Crippen molar-refractivity contribution < 1.29 is 14.3 Å². The summed E-state index contributed by atoms with van der Waals surface area (Å²) >= 11 is 1.46. The number of rotatable bonds is 3. The number of aryl methyl sites for hydroxylation is 1. The van der Waals surface area contributed by atoms with Gasteiger partial charge in [0.25, 0.3) is 0 Å². The van der Waals surface area contributed by atoms with Crippen LogP contribution in [0.1, 0.15) is 22.3 Å². The highest BCUT2D eigenvalue weighted by Crippen LogP contribution is 2.15. The van der Waals surface area contributed by atoms with Crippen LogP contribution in [0.15, 0.2) is 10.8 Å². The van der Waals surface area contributed by atoms with E-state index >= 15 is 0 Å². The molecule has 0 saturated carbocycles. The number of hydrogen-bond donors (Lipinski definition) is 0. The first-order valence-electron chi connectivity index (χ1n) is 3.78. The van der Waals surface area contributed by atoms with Gasteiger partial charge in [0.15, 0.2) is 5.78 Å². The molecule has 0 atom stereocenters. The number of hydrogen-bond acceptors (Lipinski definition) is 4. The third kappa shape index (κ3) is 2.39. The molecule has 13 heavy (non-hydrogen) atoms. The van der Waals surface area contributed by atoms with Crippen molar-refractivity contribution in [1.82, 2.24) is 0 Å². The van der Waals surface area contributed by atoms with Gasteiger partial charge in [0.05, 0.1) is 7.11 Å².